The monoisotopic (exact) mass is 294 g/mol. The number of ether oxygens (including phenoxy) is 2. The Balaban J connectivity index is 1.78. The van der Waals surface area contributed by atoms with Crippen molar-refractivity contribution in [3.05, 3.63) is 18.2 Å². The van der Waals surface area contributed by atoms with Gasteiger partial charge in [0.15, 0.2) is 5.16 Å². The molecule has 2 rings (SSSR count). The second kappa shape index (κ2) is 7.55. The molecule has 0 saturated carbocycles. The van der Waals surface area contributed by atoms with Gasteiger partial charge in [-0.3, -0.25) is 0 Å². The molecule has 0 radical (unpaired) electrons. The molecule has 0 aliphatic rings. The molecular weight excluding hydrogens is 272 g/mol. The Morgan fingerprint density at radius 3 is 2.90 bits per heavy atom. The number of nitrogens with one attached hydrogen (secondary N) is 1. The van der Waals surface area contributed by atoms with Gasteiger partial charge in [0.2, 0.25) is 0 Å². The highest BCUT2D eigenvalue weighted by atomic mass is 32.2. The molecule has 1 aromatic heterocycles. The Morgan fingerprint density at radius 2 is 2.15 bits per heavy atom. The summed E-state index contributed by atoms with van der Waals surface area (Å²) in [6.07, 6.45) is 1.12. The molecule has 1 aromatic carbocycles. The lowest BCUT2D eigenvalue weighted by molar-refractivity contribution is 0.138. The van der Waals surface area contributed by atoms with Crippen LogP contribution in [0, 0.1) is 5.92 Å². The Kier molecular flexibility index (Phi) is 5.73. The van der Waals surface area contributed by atoms with Gasteiger partial charge in [-0.05, 0) is 24.5 Å². The van der Waals surface area contributed by atoms with Crippen molar-refractivity contribution in [2.45, 2.75) is 25.4 Å². The highest BCUT2D eigenvalue weighted by Crippen LogP contribution is 2.22. The SMILES string of the molecule is COc1ccc2nc(SCCOCCC(C)C)[nH]c2c1. The van der Waals surface area contributed by atoms with Crippen molar-refractivity contribution in [1.82, 2.24) is 9.97 Å². The fraction of sp³-hybridized carbons (Fsp3) is 0.533. The number of aromatic nitrogens is 2. The summed E-state index contributed by atoms with van der Waals surface area (Å²) in [5, 5.41) is 0.931. The number of rotatable bonds is 8. The van der Waals surface area contributed by atoms with Gasteiger partial charge >= 0.3 is 0 Å². The van der Waals surface area contributed by atoms with E-state index in [9.17, 15) is 0 Å². The molecule has 20 heavy (non-hydrogen) atoms. The van der Waals surface area contributed by atoms with Crippen LogP contribution in [0.15, 0.2) is 23.4 Å². The van der Waals surface area contributed by atoms with Crippen LogP contribution < -0.4 is 4.74 Å². The van der Waals surface area contributed by atoms with Crippen LogP contribution in [-0.4, -0.2) is 36.0 Å². The zero-order chi connectivity index (χ0) is 14.4. The van der Waals surface area contributed by atoms with Gasteiger partial charge in [0.25, 0.3) is 0 Å². The number of hydrogen-bond acceptors (Lipinski definition) is 4. The topological polar surface area (TPSA) is 47.1 Å². The molecule has 0 aliphatic carbocycles. The zero-order valence-corrected chi connectivity index (χ0v) is 13.1. The smallest absolute Gasteiger partial charge is 0.166 e. The average Bonchev–Trinajstić information content (AvgIpc) is 2.83. The number of thioether (sulfide) groups is 1. The van der Waals surface area contributed by atoms with Gasteiger partial charge in [-0.2, -0.15) is 0 Å². The van der Waals surface area contributed by atoms with Crippen molar-refractivity contribution < 1.29 is 9.47 Å². The molecule has 0 unspecified atom stereocenters. The van der Waals surface area contributed by atoms with Crippen molar-refractivity contribution >= 4 is 22.8 Å². The fourth-order valence-corrected chi connectivity index (χ4v) is 2.52. The van der Waals surface area contributed by atoms with Crippen LogP contribution in [0.4, 0.5) is 0 Å². The van der Waals surface area contributed by atoms with Gasteiger partial charge < -0.3 is 14.5 Å². The predicted molar refractivity (Wildman–Crippen MR) is 83.6 cm³/mol. The van der Waals surface area contributed by atoms with Crippen molar-refractivity contribution in [2.75, 3.05) is 26.1 Å². The number of H-pyrrole nitrogens is 1. The number of imidazole rings is 1. The molecule has 0 saturated heterocycles. The molecule has 110 valence electrons. The first-order valence-electron chi connectivity index (χ1n) is 6.93. The summed E-state index contributed by atoms with van der Waals surface area (Å²) < 4.78 is 10.8. The summed E-state index contributed by atoms with van der Waals surface area (Å²) >= 11 is 1.69. The Morgan fingerprint density at radius 1 is 1.30 bits per heavy atom. The van der Waals surface area contributed by atoms with Crippen LogP contribution in [0.2, 0.25) is 0 Å². The lowest BCUT2D eigenvalue weighted by Crippen LogP contribution is -2.02. The third-order valence-electron chi connectivity index (χ3n) is 2.97. The summed E-state index contributed by atoms with van der Waals surface area (Å²) in [5.74, 6) is 2.46. The summed E-state index contributed by atoms with van der Waals surface area (Å²) in [5.41, 5.74) is 1.97. The van der Waals surface area contributed by atoms with Crippen LogP contribution >= 0.6 is 11.8 Å². The molecule has 4 nitrogen and oxygen atoms in total. The van der Waals surface area contributed by atoms with Crippen molar-refractivity contribution in [3.63, 3.8) is 0 Å². The highest BCUT2D eigenvalue weighted by molar-refractivity contribution is 7.99. The fourth-order valence-electron chi connectivity index (χ4n) is 1.78. The van der Waals surface area contributed by atoms with Crippen LogP contribution in [-0.2, 0) is 4.74 Å². The molecule has 0 spiro atoms. The van der Waals surface area contributed by atoms with E-state index >= 15 is 0 Å². The number of nitrogens with zero attached hydrogens (tertiary/aromatic N) is 1. The Bertz CT molecular complexity index is 540. The molecule has 1 N–H and O–H groups in total. The maximum atomic E-state index is 5.59. The predicted octanol–water partition coefficient (Wildman–Crippen LogP) is 3.73. The molecule has 0 bridgehead atoms. The van der Waals surface area contributed by atoms with E-state index in [1.54, 1.807) is 18.9 Å². The maximum absolute atomic E-state index is 5.59. The quantitative estimate of drug-likeness (QED) is 0.595. The summed E-state index contributed by atoms with van der Waals surface area (Å²) in [6, 6.07) is 5.85. The second-order valence-electron chi connectivity index (χ2n) is 5.07. The first-order chi connectivity index (χ1) is 9.69. The van der Waals surface area contributed by atoms with E-state index in [4.69, 9.17) is 9.47 Å². The lowest BCUT2D eigenvalue weighted by atomic mass is 10.1. The van der Waals surface area contributed by atoms with Crippen LogP contribution in [0.5, 0.6) is 5.75 Å². The van der Waals surface area contributed by atoms with Crippen LogP contribution in [0.25, 0.3) is 11.0 Å². The van der Waals surface area contributed by atoms with E-state index in [-0.39, 0.29) is 0 Å². The van der Waals surface area contributed by atoms with Gasteiger partial charge in [-0.25, -0.2) is 4.98 Å². The minimum absolute atomic E-state index is 0.702. The Labute approximate surface area is 124 Å². The molecule has 0 amide bonds. The van der Waals surface area contributed by atoms with Gasteiger partial charge in [0.05, 0.1) is 24.8 Å². The number of fused-ring (bicyclic) bond motifs is 1. The van der Waals surface area contributed by atoms with E-state index in [2.05, 4.69) is 23.8 Å². The van der Waals surface area contributed by atoms with E-state index in [1.165, 1.54) is 0 Å². The molecule has 5 heteroatoms. The minimum atomic E-state index is 0.702. The maximum Gasteiger partial charge on any atom is 0.166 e. The number of aromatic amines is 1. The largest absolute Gasteiger partial charge is 0.497 e. The third-order valence-corrected chi connectivity index (χ3v) is 3.81. The summed E-state index contributed by atoms with van der Waals surface area (Å²) in [6.45, 7) is 6.02. The number of benzene rings is 1. The molecule has 1 heterocycles. The van der Waals surface area contributed by atoms with Crippen molar-refractivity contribution in [2.24, 2.45) is 5.92 Å². The van der Waals surface area contributed by atoms with Crippen molar-refractivity contribution in [3.8, 4) is 5.75 Å². The average molecular weight is 294 g/mol. The van der Waals surface area contributed by atoms with Gasteiger partial charge in [-0.15, -0.1) is 0 Å². The first-order valence-corrected chi connectivity index (χ1v) is 7.92. The van der Waals surface area contributed by atoms with Crippen LogP contribution in [0.1, 0.15) is 20.3 Å². The minimum Gasteiger partial charge on any atom is -0.497 e. The normalized spacial score (nSPS) is 11.4. The Hall–Kier alpha value is -1.20. The molecule has 2 aromatic rings. The van der Waals surface area contributed by atoms with E-state index in [0.29, 0.717) is 5.92 Å². The lowest BCUT2D eigenvalue weighted by Gasteiger charge is -2.05. The number of methoxy groups -OCH3 is 1. The third kappa shape index (κ3) is 4.42. The molecular formula is C15H22N2O2S. The van der Waals surface area contributed by atoms with Gasteiger partial charge in [-0.1, -0.05) is 25.6 Å². The summed E-state index contributed by atoms with van der Waals surface area (Å²) in [7, 11) is 1.67. The first kappa shape index (κ1) is 15.2. The second-order valence-corrected chi connectivity index (χ2v) is 6.15. The standard InChI is InChI=1S/C15H22N2O2S/c1-11(2)6-7-19-8-9-20-15-16-13-5-4-12(18-3)10-14(13)17-15/h4-5,10-11H,6-9H2,1-3H3,(H,16,17). The number of hydrogen-bond donors (Lipinski definition) is 1. The highest BCUT2D eigenvalue weighted by Gasteiger charge is 2.04. The van der Waals surface area contributed by atoms with E-state index < -0.39 is 0 Å². The zero-order valence-electron chi connectivity index (χ0n) is 12.3. The summed E-state index contributed by atoms with van der Waals surface area (Å²) in [4.78, 5) is 7.83. The molecule has 0 fully saturated rings. The molecule has 0 atom stereocenters. The van der Waals surface area contributed by atoms with Gasteiger partial charge in [0, 0.05) is 18.4 Å². The van der Waals surface area contributed by atoms with Crippen LogP contribution in [0.3, 0.4) is 0 Å². The van der Waals surface area contributed by atoms with Crippen molar-refractivity contribution in [1.29, 1.82) is 0 Å². The van der Waals surface area contributed by atoms with E-state index in [1.807, 2.05) is 18.2 Å². The molecule has 0 aliphatic heterocycles. The van der Waals surface area contributed by atoms with Gasteiger partial charge in [0.1, 0.15) is 5.75 Å². The van der Waals surface area contributed by atoms with E-state index in [0.717, 1.165) is 47.3 Å².